The molecule has 3 nitrogen and oxygen atoms in total. The Morgan fingerprint density at radius 2 is 2.29 bits per heavy atom. The second-order valence-corrected chi connectivity index (χ2v) is 4.31. The Kier molecular flexibility index (Phi) is 3.99. The van der Waals surface area contributed by atoms with E-state index in [4.69, 9.17) is 22.2 Å². The predicted octanol–water partition coefficient (Wildman–Crippen LogP) is 2.68. The standard InChI is InChI=1S/C12H14ClFN2O/c13-9-4-1-5-10(14)11(9)12(16-15)8-3-2-6-17-7-8/h1,4-5,7,12,16H,2-3,6,15H2. The lowest BCUT2D eigenvalue weighted by Crippen LogP contribution is -2.31. The number of nitrogens with two attached hydrogens (primary N) is 1. The molecule has 1 aromatic carbocycles. The van der Waals surface area contributed by atoms with Crippen LogP contribution >= 0.6 is 11.6 Å². The molecular formula is C12H14ClFN2O. The van der Waals surface area contributed by atoms with Gasteiger partial charge in [0.15, 0.2) is 0 Å². The zero-order valence-corrected chi connectivity index (χ0v) is 10.0. The van der Waals surface area contributed by atoms with E-state index in [0.29, 0.717) is 17.2 Å². The Balaban J connectivity index is 2.38. The molecule has 0 bridgehead atoms. The van der Waals surface area contributed by atoms with Crippen molar-refractivity contribution in [3.8, 4) is 0 Å². The van der Waals surface area contributed by atoms with Crippen molar-refractivity contribution in [2.45, 2.75) is 18.9 Å². The van der Waals surface area contributed by atoms with E-state index < -0.39 is 6.04 Å². The molecule has 3 N–H and O–H groups in total. The van der Waals surface area contributed by atoms with Gasteiger partial charge in [-0.3, -0.25) is 5.84 Å². The van der Waals surface area contributed by atoms with Crippen LogP contribution in [0.25, 0.3) is 0 Å². The normalized spacial score (nSPS) is 17.2. The minimum Gasteiger partial charge on any atom is -0.501 e. The van der Waals surface area contributed by atoms with Crippen molar-refractivity contribution >= 4 is 11.6 Å². The van der Waals surface area contributed by atoms with Crippen molar-refractivity contribution in [2.24, 2.45) is 5.84 Å². The molecule has 0 amide bonds. The smallest absolute Gasteiger partial charge is 0.129 e. The quantitative estimate of drug-likeness (QED) is 0.646. The lowest BCUT2D eigenvalue weighted by atomic mass is 9.95. The molecule has 1 heterocycles. The molecule has 0 aromatic heterocycles. The third-order valence-corrected chi connectivity index (χ3v) is 3.12. The van der Waals surface area contributed by atoms with Gasteiger partial charge in [0.1, 0.15) is 5.82 Å². The van der Waals surface area contributed by atoms with Crippen LogP contribution in [-0.4, -0.2) is 6.61 Å². The van der Waals surface area contributed by atoms with Crippen LogP contribution in [0.5, 0.6) is 0 Å². The Morgan fingerprint density at radius 3 is 2.88 bits per heavy atom. The molecule has 0 saturated carbocycles. The summed E-state index contributed by atoms with van der Waals surface area (Å²) >= 11 is 6.02. The number of halogens is 2. The number of hydrogen-bond donors (Lipinski definition) is 2. The van der Waals surface area contributed by atoms with Crippen molar-refractivity contribution < 1.29 is 9.13 Å². The van der Waals surface area contributed by atoms with E-state index in [-0.39, 0.29) is 5.82 Å². The van der Waals surface area contributed by atoms with Crippen molar-refractivity contribution in [1.29, 1.82) is 0 Å². The lowest BCUT2D eigenvalue weighted by Gasteiger charge is -2.24. The first kappa shape index (κ1) is 12.4. The molecule has 1 unspecified atom stereocenters. The molecule has 1 aliphatic rings. The highest BCUT2D eigenvalue weighted by Gasteiger charge is 2.23. The predicted molar refractivity (Wildman–Crippen MR) is 64.7 cm³/mol. The maximum absolute atomic E-state index is 13.8. The highest BCUT2D eigenvalue weighted by molar-refractivity contribution is 6.31. The second kappa shape index (κ2) is 5.49. The van der Waals surface area contributed by atoms with Gasteiger partial charge in [0.05, 0.1) is 18.9 Å². The monoisotopic (exact) mass is 256 g/mol. The summed E-state index contributed by atoms with van der Waals surface area (Å²) in [6.07, 6.45) is 3.35. The molecule has 92 valence electrons. The van der Waals surface area contributed by atoms with Crippen LogP contribution in [-0.2, 0) is 4.74 Å². The van der Waals surface area contributed by atoms with Crippen molar-refractivity contribution in [3.05, 3.63) is 46.4 Å². The fraction of sp³-hybridized carbons (Fsp3) is 0.333. The number of hydrogen-bond acceptors (Lipinski definition) is 3. The van der Waals surface area contributed by atoms with Crippen LogP contribution < -0.4 is 11.3 Å². The summed E-state index contributed by atoms with van der Waals surface area (Å²) in [6.45, 7) is 0.686. The number of nitrogens with one attached hydrogen (secondary N) is 1. The van der Waals surface area contributed by atoms with Gasteiger partial charge >= 0.3 is 0 Å². The van der Waals surface area contributed by atoms with Gasteiger partial charge in [0.25, 0.3) is 0 Å². The van der Waals surface area contributed by atoms with Crippen molar-refractivity contribution in [2.75, 3.05) is 6.61 Å². The zero-order chi connectivity index (χ0) is 12.3. The minimum absolute atomic E-state index is 0.361. The van der Waals surface area contributed by atoms with E-state index in [0.717, 1.165) is 18.4 Å². The summed E-state index contributed by atoms with van der Waals surface area (Å²) in [5, 5.41) is 0.361. The van der Waals surface area contributed by atoms with E-state index in [1.165, 1.54) is 6.07 Å². The van der Waals surface area contributed by atoms with Crippen LogP contribution in [0.1, 0.15) is 24.4 Å². The molecule has 0 spiro atoms. The first-order valence-electron chi connectivity index (χ1n) is 5.44. The minimum atomic E-state index is -0.441. The molecule has 1 atom stereocenters. The summed E-state index contributed by atoms with van der Waals surface area (Å²) < 4.78 is 19.0. The Morgan fingerprint density at radius 1 is 1.47 bits per heavy atom. The molecular weight excluding hydrogens is 243 g/mol. The number of rotatable bonds is 3. The van der Waals surface area contributed by atoms with Gasteiger partial charge < -0.3 is 4.74 Å². The summed E-state index contributed by atoms with van der Waals surface area (Å²) in [5.74, 6) is 5.13. The highest BCUT2D eigenvalue weighted by atomic mass is 35.5. The molecule has 2 rings (SSSR count). The Labute approximate surface area is 104 Å². The number of ether oxygens (including phenoxy) is 1. The number of benzene rings is 1. The average molecular weight is 257 g/mol. The zero-order valence-electron chi connectivity index (χ0n) is 9.25. The number of hydrazine groups is 1. The Hall–Kier alpha value is -1.10. The molecule has 1 aromatic rings. The van der Waals surface area contributed by atoms with Gasteiger partial charge in [-0.1, -0.05) is 17.7 Å². The lowest BCUT2D eigenvalue weighted by molar-refractivity contribution is 0.219. The SMILES string of the molecule is NNC(C1=COCCC1)c1c(F)cccc1Cl. The molecule has 5 heteroatoms. The second-order valence-electron chi connectivity index (χ2n) is 3.90. The Bertz CT molecular complexity index is 416. The van der Waals surface area contributed by atoms with E-state index in [9.17, 15) is 4.39 Å². The van der Waals surface area contributed by atoms with Crippen LogP contribution in [0.2, 0.25) is 5.02 Å². The van der Waals surface area contributed by atoms with Crippen LogP contribution in [0.3, 0.4) is 0 Å². The highest BCUT2D eigenvalue weighted by Crippen LogP contribution is 2.33. The largest absolute Gasteiger partial charge is 0.501 e. The third-order valence-electron chi connectivity index (χ3n) is 2.79. The van der Waals surface area contributed by atoms with Gasteiger partial charge in [-0.15, -0.1) is 0 Å². The summed E-state index contributed by atoms with van der Waals surface area (Å²) in [7, 11) is 0. The molecule has 17 heavy (non-hydrogen) atoms. The van der Waals surface area contributed by atoms with Crippen LogP contribution in [0, 0.1) is 5.82 Å². The van der Waals surface area contributed by atoms with Crippen molar-refractivity contribution in [1.82, 2.24) is 5.43 Å². The molecule has 0 saturated heterocycles. The molecule has 0 radical (unpaired) electrons. The maximum Gasteiger partial charge on any atom is 0.129 e. The van der Waals surface area contributed by atoms with Gasteiger partial charge in [0, 0.05) is 10.6 Å². The van der Waals surface area contributed by atoms with E-state index in [1.807, 2.05) is 0 Å². The van der Waals surface area contributed by atoms with Crippen LogP contribution in [0.15, 0.2) is 30.0 Å². The van der Waals surface area contributed by atoms with E-state index >= 15 is 0 Å². The van der Waals surface area contributed by atoms with Crippen LogP contribution in [0.4, 0.5) is 4.39 Å². The molecule has 0 aliphatic carbocycles. The van der Waals surface area contributed by atoms with Crippen molar-refractivity contribution in [3.63, 3.8) is 0 Å². The molecule has 0 fully saturated rings. The van der Waals surface area contributed by atoms with E-state index in [1.54, 1.807) is 18.4 Å². The molecule has 1 aliphatic heterocycles. The fourth-order valence-electron chi connectivity index (χ4n) is 1.96. The van der Waals surface area contributed by atoms with Gasteiger partial charge in [-0.05, 0) is 30.5 Å². The topological polar surface area (TPSA) is 47.3 Å². The fourth-order valence-corrected chi connectivity index (χ4v) is 2.23. The summed E-state index contributed by atoms with van der Waals surface area (Å²) in [5.41, 5.74) is 3.87. The maximum atomic E-state index is 13.8. The van der Waals surface area contributed by atoms with Gasteiger partial charge in [-0.25, -0.2) is 9.82 Å². The van der Waals surface area contributed by atoms with Gasteiger partial charge in [0.2, 0.25) is 0 Å². The first-order chi connectivity index (χ1) is 8.24. The first-order valence-corrected chi connectivity index (χ1v) is 5.82. The summed E-state index contributed by atoms with van der Waals surface area (Å²) in [4.78, 5) is 0. The summed E-state index contributed by atoms with van der Waals surface area (Å²) in [6, 6.07) is 4.15. The van der Waals surface area contributed by atoms with Gasteiger partial charge in [-0.2, -0.15) is 0 Å². The third kappa shape index (κ3) is 2.60. The average Bonchev–Trinajstić information content (AvgIpc) is 2.35. The van der Waals surface area contributed by atoms with E-state index in [2.05, 4.69) is 5.43 Å².